The maximum absolute atomic E-state index is 12.5. The van der Waals surface area contributed by atoms with Crippen LogP contribution in [0, 0.1) is 0 Å². The highest BCUT2D eigenvalue weighted by Crippen LogP contribution is 2.31. The Morgan fingerprint density at radius 2 is 1.90 bits per heavy atom. The van der Waals surface area contributed by atoms with Crippen LogP contribution in [0.15, 0.2) is 48.7 Å². The van der Waals surface area contributed by atoms with E-state index < -0.39 is 18.1 Å². The number of rotatable bonds is 7. The van der Waals surface area contributed by atoms with Gasteiger partial charge in [0.1, 0.15) is 5.75 Å². The lowest BCUT2D eigenvalue weighted by Crippen LogP contribution is -2.38. The molecule has 31 heavy (non-hydrogen) atoms. The van der Waals surface area contributed by atoms with Gasteiger partial charge >= 0.3 is 12.1 Å². The third-order valence-corrected chi connectivity index (χ3v) is 4.94. The quantitative estimate of drug-likeness (QED) is 0.573. The molecule has 3 aromatic rings. The van der Waals surface area contributed by atoms with Gasteiger partial charge in [0.05, 0.1) is 19.8 Å². The summed E-state index contributed by atoms with van der Waals surface area (Å²) in [4.78, 5) is 15.5. The van der Waals surface area contributed by atoms with Crippen LogP contribution in [0.3, 0.4) is 0 Å². The van der Waals surface area contributed by atoms with Crippen molar-refractivity contribution in [3.05, 3.63) is 65.4 Å². The minimum absolute atomic E-state index is 0.509. The lowest BCUT2D eigenvalue weighted by atomic mass is 9.97. The molecule has 1 aromatic heterocycles. The summed E-state index contributed by atoms with van der Waals surface area (Å²) in [5.74, 6) is -0.877. The summed E-state index contributed by atoms with van der Waals surface area (Å²) in [5, 5.41) is 3.86. The molecule has 2 aromatic carbocycles. The molecule has 0 radical (unpaired) electrons. The molecule has 0 bridgehead atoms. The van der Waals surface area contributed by atoms with Crippen LogP contribution >= 0.6 is 0 Å². The first kappa shape index (κ1) is 22.4. The molecule has 0 unspecified atom stereocenters. The molecule has 1 atom stereocenters. The molecule has 1 N–H and O–H groups in total. The predicted molar refractivity (Wildman–Crippen MR) is 111 cm³/mol. The molecule has 1 amide bonds. The number of fused-ring (bicyclic) bond motifs is 1. The first-order valence-electron chi connectivity index (χ1n) is 9.78. The Morgan fingerprint density at radius 3 is 2.58 bits per heavy atom. The van der Waals surface area contributed by atoms with Crippen LogP contribution in [0.2, 0.25) is 0 Å². The number of carbonyl (C=O) groups excluding carboxylic acids is 1. The van der Waals surface area contributed by atoms with E-state index in [1.54, 1.807) is 24.4 Å². The van der Waals surface area contributed by atoms with Gasteiger partial charge in [0.2, 0.25) is 5.88 Å². The third-order valence-electron chi connectivity index (χ3n) is 4.94. The summed E-state index contributed by atoms with van der Waals surface area (Å²) in [7, 11) is 1.50. The molecule has 5 nitrogen and oxygen atoms in total. The second-order valence-corrected chi connectivity index (χ2v) is 7.00. The van der Waals surface area contributed by atoms with Crippen LogP contribution in [0.25, 0.3) is 10.8 Å². The summed E-state index contributed by atoms with van der Waals surface area (Å²) in [6.45, 7) is 3.90. The highest BCUT2D eigenvalue weighted by Gasteiger charge is 2.39. The lowest BCUT2D eigenvalue weighted by Gasteiger charge is -2.18. The van der Waals surface area contributed by atoms with Crippen LogP contribution in [-0.4, -0.2) is 30.8 Å². The van der Waals surface area contributed by atoms with Crippen molar-refractivity contribution in [1.29, 1.82) is 0 Å². The van der Waals surface area contributed by atoms with Gasteiger partial charge in [-0.3, -0.25) is 4.79 Å². The average molecular weight is 432 g/mol. The van der Waals surface area contributed by atoms with Crippen LogP contribution in [-0.2, 0) is 11.2 Å². The molecule has 0 aliphatic carbocycles. The number of amides is 1. The standard InChI is InChI=1S/C23H23F3N2O3/c1-4-31-21-19-7-5-6-16(18(19)10-11-27-21)12-17-9-8-15(13-20(17)30-3)14(2)28-22(29)23(24,25)26/h5-11,13-14H,4,12H2,1-3H3,(H,28,29)/t14-/m1/s1. The first-order chi connectivity index (χ1) is 14.7. The van der Waals surface area contributed by atoms with E-state index in [0.717, 1.165) is 21.9 Å². The summed E-state index contributed by atoms with van der Waals surface area (Å²) < 4.78 is 48.7. The monoisotopic (exact) mass is 432 g/mol. The van der Waals surface area contributed by atoms with Gasteiger partial charge in [0, 0.05) is 18.0 Å². The Bertz CT molecular complexity index is 1080. The zero-order chi connectivity index (χ0) is 22.6. The number of methoxy groups -OCH3 is 1. The van der Waals surface area contributed by atoms with Gasteiger partial charge < -0.3 is 14.8 Å². The van der Waals surface area contributed by atoms with Crippen molar-refractivity contribution in [3.8, 4) is 11.6 Å². The molecule has 0 saturated carbocycles. The molecule has 0 fully saturated rings. The fourth-order valence-electron chi connectivity index (χ4n) is 3.39. The second-order valence-electron chi connectivity index (χ2n) is 7.00. The number of nitrogens with zero attached hydrogens (tertiary/aromatic N) is 1. The zero-order valence-corrected chi connectivity index (χ0v) is 17.4. The van der Waals surface area contributed by atoms with Crippen molar-refractivity contribution in [2.24, 2.45) is 0 Å². The van der Waals surface area contributed by atoms with Crippen LogP contribution in [0.1, 0.15) is 36.6 Å². The fraction of sp³-hybridized carbons (Fsp3) is 0.304. The van der Waals surface area contributed by atoms with Crippen molar-refractivity contribution < 1.29 is 27.4 Å². The highest BCUT2D eigenvalue weighted by molar-refractivity contribution is 5.89. The Balaban J connectivity index is 1.89. The molecule has 8 heteroatoms. The molecular weight excluding hydrogens is 409 g/mol. The maximum atomic E-state index is 12.5. The molecule has 0 aliphatic rings. The number of pyridine rings is 1. The van der Waals surface area contributed by atoms with Crippen molar-refractivity contribution in [2.45, 2.75) is 32.5 Å². The Kier molecular flexibility index (Phi) is 6.68. The molecule has 0 aliphatic heterocycles. The largest absolute Gasteiger partial charge is 0.496 e. The summed E-state index contributed by atoms with van der Waals surface area (Å²) >= 11 is 0. The average Bonchev–Trinajstić information content (AvgIpc) is 2.74. The molecular formula is C23H23F3N2O3. The predicted octanol–water partition coefficient (Wildman–Crippen LogP) is 4.97. The smallest absolute Gasteiger partial charge is 0.471 e. The number of benzene rings is 2. The minimum Gasteiger partial charge on any atom is -0.496 e. The summed E-state index contributed by atoms with van der Waals surface area (Å²) in [5.41, 5.74) is 2.41. The molecule has 1 heterocycles. The van der Waals surface area contributed by atoms with Gasteiger partial charge in [0.25, 0.3) is 0 Å². The Hall–Kier alpha value is -3.29. The maximum Gasteiger partial charge on any atom is 0.471 e. The SMILES string of the molecule is CCOc1nccc2c(Cc3ccc([C@@H](C)NC(=O)C(F)(F)F)cc3OC)cccc12. The van der Waals surface area contributed by atoms with Gasteiger partial charge in [-0.25, -0.2) is 4.98 Å². The fourth-order valence-corrected chi connectivity index (χ4v) is 3.39. The van der Waals surface area contributed by atoms with Gasteiger partial charge in [-0.15, -0.1) is 0 Å². The van der Waals surface area contributed by atoms with Gasteiger partial charge in [-0.2, -0.15) is 13.2 Å². The van der Waals surface area contributed by atoms with Crippen molar-refractivity contribution in [3.63, 3.8) is 0 Å². The van der Waals surface area contributed by atoms with Crippen LogP contribution in [0.5, 0.6) is 11.6 Å². The third kappa shape index (κ3) is 5.07. The van der Waals surface area contributed by atoms with Crippen molar-refractivity contribution >= 4 is 16.7 Å². The number of alkyl halides is 3. The van der Waals surface area contributed by atoms with Gasteiger partial charge in [0.15, 0.2) is 0 Å². The summed E-state index contributed by atoms with van der Waals surface area (Å²) in [6, 6.07) is 12.1. The summed E-state index contributed by atoms with van der Waals surface area (Å²) in [6.07, 6.45) is -2.69. The van der Waals surface area contributed by atoms with Gasteiger partial charge in [-0.1, -0.05) is 24.3 Å². The topological polar surface area (TPSA) is 60.5 Å². The number of nitrogens with one attached hydrogen (secondary N) is 1. The number of carbonyl (C=O) groups is 1. The highest BCUT2D eigenvalue weighted by atomic mass is 19.4. The van der Waals surface area contributed by atoms with Crippen LogP contribution in [0.4, 0.5) is 13.2 Å². The van der Waals surface area contributed by atoms with E-state index in [-0.39, 0.29) is 0 Å². The number of ether oxygens (including phenoxy) is 2. The second kappa shape index (κ2) is 9.24. The van der Waals surface area contributed by atoms with Crippen molar-refractivity contribution in [1.82, 2.24) is 10.3 Å². The van der Waals surface area contributed by atoms with E-state index in [1.165, 1.54) is 14.0 Å². The minimum atomic E-state index is -4.93. The Morgan fingerprint density at radius 1 is 1.13 bits per heavy atom. The van der Waals surface area contributed by atoms with Crippen LogP contribution < -0.4 is 14.8 Å². The van der Waals surface area contributed by atoms with E-state index in [1.807, 2.05) is 36.5 Å². The zero-order valence-electron chi connectivity index (χ0n) is 17.4. The molecule has 164 valence electrons. The van der Waals surface area contributed by atoms with E-state index in [2.05, 4.69) is 4.98 Å². The first-order valence-corrected chi connectivity index (χ1v) is 9.78. The van der Waals surface area contributed by atoms with E-state index in [9.17, 15) is 18.0 Å². The van der Waals surface area contributed by atoms with E-state index in [0.29, 0.717) is 30.2 Å². The van der Waals surface area contributed by atoms with Gasteiger partial charge in [-0.05, 0) is 54.1 Å². The number of hydrogen-bond donors (Lipinski definition) is 1. The molecule has 0 saturated heterocycles. The lowest BCUT2D eigenvalue weighted by molar-refractivity contribution is -0.174. The van der Waals surface area contributed by atoms with Crippen molar-refractivity contribution in [2.75, 3.05) is 13.7 Å². The Labute approximate surface area is 178 Å². The molecule has 3 rings (SSSR count). The van der Waals surface area contributed by atoms with E-state index >= 15 is 0 Å². The number of hydrogen-bond acceptors (Lipinski definition) is 4. The number of aromatic nitrogens is 1. The van der Waals surface area contributed by atoms with E-state index in [4.69, 9.17) is 9.47 Å². The normalized spacial score (nSPS) is 12.5. The molecule has 0 spiro atoms. The number of halogens is 3.